The van der Waals surface area contributed by atoms with Gasteiger partial charge >= 0.3 is 11.9 Å². The number of carboxylic acids is 2. The molecule has 3 N–H and O–H groups in total. The average Bonchev–Trinajstić information content (AvgIpc) is 2.95. The van der Waals surface area contributed by atoms with Gasteiger partial charge in [0.1, 0.15) is 12.4 Å². The van der Waals surface area contributed by atoms with Crippen molar-refractivity contribution in [2.24, 2.45) is 0 Å². The third-order valence-corrected chi connectivity index (χ3v) is 5.76. The van der Waals surface area contributed by atoms with E-state index in [2.05, 4.69) is 72.3 Å². The van der Waals surface area contributed by atoms with Crippen LogP contribution in [0.15, 0.2) is 60.7 Å². The van der Waals surface area contributed by atoms with Gasteiger partial charge in [-0.15, -0.1) is 0 Å². The standard InChI is InChI=1S/C23H28N2O.C4H4O4/c1-17(2)18-6-5-7-19(16-18)26-15-14-25-22-9-4-3-8-20(22)21-10-12-24-13-11-23(21)25;5-3(6)1-2-4(7)8/h3-9,16-17,24H,10-15H2,1-2H3;1-2H,(H,5,6)(H,7,8). The summed E-state index contributed by atoms with van der Waals surface area (Å²) in [5.74, 6) is -1.02. The minimum absolute atomic E-state index is 0.523. The average molecular weight is 465 g/mol. The van der Waals surface area contributed by atoms with Gasteiger partial charge in [-0.05, 0) is 48.2 Å². The molecule has 7 nitrogen and oxygen atoms in total. The van der Waals surface area contributed by atoms with E-state index in [4.69, 9.17) is 14.9 Å². The van der Waals surface area contributed by atoms with E-state index in [1.54, 1.807) is 0 Å². The van der Waals surface area contributed by atoms with Crippen LogP contribution in [-0.2, 0) is 29.0 Å². The van der Waals surface area contributed by atoms with Crippen LogP contribution in [0.5, 0.6) is 5.75 Å². The molecule has 3 aromatic rings. The van der Waals surface area contributed by atoms with Crippen molar-refractivity contribution in [2.75, 3.05) is 19.7 Å². The number of hydrogen-bond donors (Lipinski definition) is 3. The van der Waals surface area contributed by atoms with E-state index in [9.17, 15) is 9.59 Å². The molecule has 0 amide bonds. The highest BCUT2D eigenvalue weighted by molar-refractivity contribution is 5.89. The number of hydrogen-bond acceptors (Lipinski definition) is 4. The first-order valence-corrected chi connectivity index (χ1v) is 11.5. The highest BCUT2D eigenvalue weighted by atomic mass is 16.5. The molecule has 2 aromatic carbocycles. The van der Waals surface area contributed by atoms with Crippen LogP contribution in [0, 0.1) is 0 Å². The Kier molecular flexibility index (Phi) is 8.87. The van der Waals surface area contributed by atoms with Crippen LogP contribution in [-0.4, -0.2) is 46.4 Å². The van der Waals surface area contributed by atoms with Crippen molar-refractivity contribution in [1.82, 2.24) is 9.88 Å². The molecule has 0 spiro atoms. The summed E-state index contributed by atoms with van der Waals surface area (Å²) in [5, 5.41) is 20.6. The summed E-state index contributed by atoms with van der Waals surface area (Å²) >= 11 is 0. The Balaban J connectivity index is 0.000000350. The number of rotatable bonds is 7. The molecule has 0 fully saturated rings. The molecule has 2 heterocycles. The van der Waals surface area contributed by atoms with Crippen LogP contribution in [0.3, 0.4) is 0 Å². The van der Waals surface area contributed by atoms with Gasteiger partial charge in [0, 0.05) is 41.7 Å². The normalized spacial score (nSPS) is 13.3. The molecule has 180 valence electrons. The van der Waals surface area contributed by atoms with Crippen molar-refractivity contribution >= 4 is 22.8 Å². The van der Waals surface area contributed by atoms with E-state index in [0.29, 0.717) is 24.7 Å². The number of para-hydroxylation sites is 1. The van der Waals surface area contributed by atoms with Gasteiger partial charge in [0.25, 0.3) is 0 Å². The van der Waals surface area contributed by atoms with Crippen molar-refractivity contribution < 1.29 is 24.5 Å². The fourth-order valence-corrected chi connectivity index (χ4v) is 4.15. The molecule has 0 saturated carbocycles. The predicted molar refractivity (Wildman–Crippen MR) is 133 cm³/mol. The number of carboxylic acid groups (broad SMARTS) is 2. The second-order valence-electron chi connectivity index (χ2n) is 8.43. The summed E-state index contributed by atoms with van der Waals surface area (Å²) in [4.78, 5) is 19.1. The van der Waals surface area contributed by atoms with Gasteiger partial charge in [0.2, 0.25) is 0 Å². The first-order chi connectivity index (χ1) is 16.4. The lowest BCUT2D eigenvalue weighted by Crippen LogP contribution is -2.18. The number of ether oxygens (including phenoxy) is 1. The van der Waals surface area contributed by atoms with Gasteiger partial charge in [0.05, 0.1) is 6.54 Å². The molecule has 0 radical (unpaired) electrons. The van der Waals surface area contributed by atoms with Crippen molar-refractivity contribution in [3.05, 3.63) is 77.5 Å². The van der Waals surface area contributed by atoms with Crippen LogP contribution in [0.1, 0.15) is 36.6 Å². The molecule has 1 aliphatic heterocycles. The molecule has 1 aromatic heterocycles. The molecule has 7 heteroatoms. The molecule has 0 aliphatic carbocycles. The molecule has 0 saturated heterocycles. The molecule has 4 rings (SSSR count). The minimum Gasteiger partial charge on any atom is -0.492 e. The number of aliphatic carboxylic acids is 2. The highest BCUT2D eigenvalue weighted by Crippen LogP contribution is 2.28. The Bertz CT molecular complexity index is 1150. The largest absolute Gasteiger partial charge is 0.492 e. The summed E-state index contributed by atoms with van der Waals surface area (Å²) in [5.41, 5.74) is 5.68. The molecular formula is C27H32N2O5. The first-order valence-electron chi connectivity index (χ1n) is 11.5. The second kappa shape index (κ2) is 12.0. The summed E-state index contributed by atoms with van der Waals surface area (Å²) in [6.07, 6.45) is 3.32. The van der Waals surface area contributed by atoms with E-state index < -0.39 is 11.9 Å². The van der Waals surface area contributed by atoms with Crippen LogP contribution in [0.4, 0.5) is 0 Å². The number of carbonyl (C=O) groups is 2. The third-order valence-electron chi connectivity index (χ3n) is 5.76. The number of nitrogens with one attached hydrogen (secondary N) is 1. The Morgan fingerprint density at radius 3 is 2.44 bits per heavy atom. The van der Waals surface area contributed by atoms with Crippen LogP contribution < -0.4 is 10.1 Å². The van der Waals surface area contributed by atoms with Crippen molar-refractivity contribution in [2.45, 2.75) is 39.2 Å². The summed E-state index contributed by atoms with van der Waals surface area (Å²) in [7, 11) is 0. The van der Waals surface area contributed by atoms with Crippen LogP contribution in [0.2, 0.25) is 0 Å². The predicted octanol–water partition coefficient (Wildman–Crippen LogP) is 4.24. The zero-order valence-corrected chi connectivity index (χ0v) is 19.7. The topological polar surface area (TPSA) is 101 Å². The van der Waals surface area contributed by atoms with Crippen molar-refractivity contribution in [3.8, 4) is 5.75 Å². The molecule has 0 unspecified atom stereocenters. The lowest BCUT2D eigenvalue weighted by molar-refractivity contribution is -0.134. The fraction of sp³-hybridized carbons (Fsp3) is 0.333. The smallest absolute Gasteiger partial charge is 0.328 e. The first kappa shape index (κ1) is 25.1. The van der Waals surface area contributed by atoms with E-state index in [-0.39, 0.29) is 0 Å². The van der Waals surface area contributed by atoms with Gasteiger partial charge in [0.15, 0.2) is 0 Å². The van der Waals surface area contributed by atoms with Gasteiger partial charge in [-0.1, -0.05) is 44.2 Å². The monoisotopic (exact) mass is 464 g/mol. The Morgan fingerprint density at radius 2 is 1.74 bits per heavy atom. The molecular weight excluding hydrogens is 432 g/mol. The minimum atomic E-state index is -1.26. The number of benzene rings is 2. The van der Waals surface area contributed by atoms with Gasteiger partial charge < -0.3 is 24.8 Å². The maximum atomic E-state index is 9.55. The number of nitrogens with zero attached hydrogens (tertiary/aromatic N) is 1. The Morgan fingerprint density at radius 1 is 1.03 bits per heavy atom. The molecule has 34 heavy (non-hydrogen) atoms. The van der Waals surface area contributed by atoms with E-state index >= 15 is 0 Å². The van der Waals surface area contributed by atoms with E-state index in [1.807, 2.05) is 0 Å². The van der Waals surface area contributed by atoms with Crippen molar-refractivity contribution in [3.63, 3.8) is 0 Å². The SMILES string of the molecule is CC(C)c1cccc(OCCn2c3c(c4ccccc42)CCNCC3)c1.O=C(O)C=CC(=O)O. The maximum absolute atomic E-state index is 9.55. The van der Waals surface area contributed by atoms with Gasteiger partial charge in [-0.25, -0.2) is 9.59 Å². The Labute approximate surface area is 199 Å². The van der Waals surface area contributed by atoms with E-state index in [1.165, 1.54) is 27.7 Å². The summed E-state index contributed by atoms with van der Waals surface area (Å²) < 4.78 is 8.58. The zero-order chi connectivity index (χ0) is 24.5. The third kappa shape index (κ3) is 6.71. The van der Waals surface area contributed by atoms with Crippen LogP contribution in [0.25, 0.3) is 10.9 Å². The maximum Gasteiger partial charge on any atom is 0.328 e. The van der Waals surface area contributed by atoms with Crippen LogP contribution >= 0.6 is 0 Å². The quantitative estimate of drug-likeness (QED) is 0.452. The lowest BCUT2D eigenvalue weighted by atomic mass is 10.0. The van der Waals surface area contributed by atoms with E-state index in [0.717, 1.165) is 38.2 Å². The van der Waals surface area contributed by atoms with Crippen molar-refractivity contribution in [1.29, 1.82) is 0 Å². The summed E-state index contributed by atoms with van der Waals surface area (Å²) in [6.45, 7) is 8.14. The number of aromatic nitrogens is 1. The lowest BCUT2D eigenvalue weighted by Gasteiger charge is -2.13. The molecule has 1 aliphatic rings. The molecule has 0 bridgehead atoms. The van der Waals surface area contributed by atoms with Gasteiger partial charge in [-0.2, -0.15) is 0 Å². The zero-order valence-electron chi connectivity index (χ0n) is 19.7. The fourth-order valence-electron chi connectivity index (χ4n) is 4.15. The summed E-state index contributed by atoms with van der Waals surface area (Å²) in [6, 6.07) is 17.3. The van der Waals surface area contributed by atoms with Gasteiger partial charge in [-0.3, -0.25) is 0 Å². The second-order valence-corrected chi connectivity index (χ2v) is 8.43. The number of fused-ring (bicyclic) bond motifs is 3. The Hall–Kier alpha value is -3.58. The molecule has 0 atom stereocenters. The highest BCUT2D eigenvalue weighted by Gasteiger charge is 2.18.